The minimum atomic E-state index is -1.68. The van der Waals surface area contributed by atoms with Crippen molar-refractivity contribution in [3.05, 3.63) is 30.9 Å². The first-order valence-electron chi connectivity index (χ1n) is 5.04. The normalized spacial score (nSPS) is 10.1. The third-order valence-corrected chi connectivity index (χ3v) is 2.37. The van der Waals surface area contributed by atoms with Crippen molar-refractivity contribution < 1.29 is 23.0 Å². The molecule has 1 aromatic carbocycles. The molecule has 7 heteroatoms. The molecule has 0 spiro atoms. The first-order valence-corrected chi connectivity index (χ1v) is 6.31. The summed E-state index contributed by atoms with van der Waals surface area (Å²) in [7, 11) is 4.77. The molecular weight excluding hydrogens is 279 g/mol. The molecule has 0 aromatic heterocycles. The standard InChI is InChI=1S/C9H12O3.C3H6O2S.Na.H/c1-10-7-5-4-6-8(11-2)9(7)12-3;1-2-3-6(4)5;;/h4-6H,1-3H3;2H,1,3H2,(H,4,5);;. The zero-order valence-electron chi connectivity index (χ0n) is 10.7. The number of hydrogen-bond acceptors (Lipinski definition) is 4. The molecule has 0 saturated carbocycles. The van der Waals surface area contributed by atoms with E-state index in [1.165, 1.54) is 6.08 Å². The van der Waals surface area contributed by atoms with Crippen LogP contribution in [0.5, 0.6) is 17.2 Å². The van der Waals surface area contributed by atoms with Crippen LogP contribution < -0.4 is 14.2 Å². The number of hydrogen-bond donors (Lipinski definition) is 1. The maximum absolute atomic E-state index is 9.64. The van der Waals surface area contributed by atoms with Gasteiger partial charge >= 0.3 is 29.6 Å². The van der Waals surface area contributed by atoms with Gasteiger partial charge in [0.25, 0.3) is 0 Å². The summed E-state index contributed by atoms with van der Waals surface area (Å²) >= 11 is -1.68. The van der Waals surface area contributed by atoms with Crippen molar-refractivity contribution in [3.63, 3.8) is 0 Å². The Balaban J connectivity index is 0. The van der Waals surface area contributed by atoms with E-state index < -0.39 is 11.1 Å². The van der Waals surface area contributed by atoms with Crippen molar-refractivity contribution in [1.82, 2.24) is 0 Å². The van der Waals surface area contributed by atoms with Gasteiger partial charge in [-0.2, -0.15) is 0 Å². The van der Waals surface area contributed by atoms with Crippen molar-refractivity contribution in [2.24, 2.45) is 0 Å². The molecule has 0 radical (unpaired) electrons. The van der Waals surface area contributed by atoms with Gasteiger partial charge in [-0.25, -0.2) is 4.21 Å². The molecule has 0 fully saturated rings. The van der Waals surface area contributed by atoms with E-state index in [0.29, 0.717) is 17.2 Å². The topological polar surface area (TPSA) is 65.0 Å². The van der Waals surface area contributed by atoms with Gasteiger partial charge in [-0.3, -0.25) is 0 Å². The molecular formula is C12H19NaO5S. The monoisotopic (exact) mass is 298 g/mol. The summed E-state index contributed by atoms with van der Waals surface area (Å²) in [6, 6.07) is 5.49. The minimum absolute atomic E-state index is 0. The van der Waals surface area contributed by atoms with E-state index in [4.69, 9.17) is 18.8 Å². The van der Waals surface area contributed by atoms with Crippen LogP contribution in [0.3, 0.4) is 0 Å². The summed E-state index contributed by atoms with van der Waals surface area (Å²) in [5.74, 6) is 2.15. The third kappa shape index (κ3) is 8.28. The predicted octanol–water partition coefficient (Wildman–Crippen LogP) is 1.46. The van der Waals surface area contributed by atoms with Gasteiger partial charge in [-0.05, 0) is 12.1 Å². The molecule has 0 aliphatic carbocycles. The Bertz CT molecular complexity index is 375. The SMILES string of the molecule is C=CCS(=O)O.COc1cccc(OC)c1OC.[NaH]. The molecule has 1 aromatic rings. The van der Waals surface area contributed by atoms with Crippen molar-refractivity contribution in [2.75, 3.05) is 27.1 Å². The van der Waals surface area contributed by atoms with Crippen molar-refractivity contribution >= 4 is 40.6 Å². The van der Waals surface area contributed by atoms with Crippen LogP contribution in [-0.4, -0.2) is 65.4 Å². The summed E-state index contributed by atoms with van der Waals surface area (Å²) in [6.45, 7) is 3.25. The summed E-state index contributed by atoms with van der Waals surface area (Å²) in [5.41, 5.74) is 0. The first kappa shape index (κ1) is 20.8. The average molecular weight is 298 g/mol. The Morgan fingerprint density at radius 1 is 1.21 bits per heavy atom. The third-order valence-electron chi connectivity index (χ3n) is 1.85. The summed E-state index contributed by atoms with van der Waals surface area (Å²) in [6.07, 6.45) is 1.40. The van der Waals surface area contributed by atoms with Crippen LogP contribution in [0.1, 0.15) is 0 Å². The number of para-hydroxylation sites is 1. The van der Waals surface area contributed by atoms with Crippen LogP contribution >= 0.6 is 0 Å². The fourth-order valence-electron chi connectivity index (χ4n) is 1.12. The molecule has 0 heterocycles. The molecule has 1 N–H and O–H groups in total. The fourth-order valence-corrected chi connectivity index (χ4v) is 1.32. The zero-order chi connectivity index (χ0) is 14.0. The summed E-state index contributed by atoms with van der Waals surface area (Å²) in [4.78, 5) is 0. The second kappa shape index (κ2) is 12.5. The number of ether oxygens (including phenoxy) is 3. The Morgan fingerprint density at radius 2 is 1.68 bits per heavy atom. The van der Waals surface area contributed by atoms with E-state index in [1.54, 1.807) is 21.3 Å². The quantitative estimate of drug-likeness (QED) is 0.506. The zero-order valence-corrected chi connectivity index (χ0v) is 11.5. The number of methoxy groups -OCH3 is 3. The van der Waals surface area contributed by atoms with Gasteiger partial charge in [-0.1, -0.05) is 12.1 Å². The van der Waals surface area contributed by atoms with Gasteiger partial charge in [0, 0.05) is 0 Å². The number of benzene rings is 1. The van der Waals surface area contributed by atoms with Gasteiger partial charge < -0.3 is 18.8 Å². The van der Waals surface area contributed by atoms with E-state index in [2.05, 4.69) is 6.58 Å². The molecule has 0 aliphatic heterocycles. The first-order chi connectivity index (χ1) is 8.60. The van der Waals surface area contributed by atoms with Crippen LogP contribution in [0.15, 0.2) is 30.9 Å². The molecule has 104 valence electrons. The van der Waals surface area contributed by atoms with Crippen molar-refractivity contribution in [1.29, 1.82) is 0 Å². The van der Waals surface area contributed by atoms with Gasteiger partial charge in [0.1, 0.15) is 0 Å². The van der Waals surface area contributed by atoms with Crippen LogP contribution in [-0.2, 0) is 11.1 Å². The fraction of sp³-hybridized carbons (Fsp3) is 0.333. The van der Waals surface area contributed by atoms with E-state index in [0.717, 1.165) is 0 Å². The van der Waals surface area contributed by atoms with Crippen LogP contribution in [0.25, 0.3) is 0 Å². The Kier molecular flexibility index (Phi) is 13.7. The molecule has 0 bridgehead atoms. The second-order valence-electron chi connectivity index (χ2n) is 2.97. The number of rotatable bonds is 5. The molecule has 0 saturated heterocycles. The molecule has 19 heavy (non-hydrogen) atoms. The van der Waals surface area contributed by atoms with E-state index >= 15 is 0 Å². The van der Waals surface area contributed by atoms with Crippen molar-refractivity contribution in [3.8, 4) is 17.2 Å². The van der Waals surface area contributed by atoms with Gasteiger partial charge in [0.2, 0.25) is 5.75 Å². The van der Waals surface area contributed by atoms with E-state index in [9.17, 15) is 4.21 Å². The molecule has 5 nitrogen and oxygen atoms in total. The molecule has 1 rings (SSSR count). The maximum atomic E-state index is 9.64. The van der Waals surface area contributed by atoms with Gasteiger partial charge in [0.15, 0.2) is 22.6 Å². The van der Waals surface area contributed by atoms with Crippen LogP contribution in [0, 0.1) is 0 Å². The summed E-state index contributed by atoms with van der Waals surface area (Å²) < 4.78 is 32.8. The van der Waals surface area contributed by atoms with Gasteiger partial charge in [0.05, 0.1) is 27.1 Å². The predicted molar refractivity (Wildman–Crippen MR) is 79.1 cm³/mol. The Hall–Kier alpha value is -0.530. The summed E-state index contributed by atoms with van der Waals surface area (Å²) in [5, 5.41) is 0. The molecule has 1 unspecified atom stereocenters. The molecule has 1 atom stereocenters. The molecule has 0 aliphatic rings. The van der Waals surface area contributed by atoms with E-state index in [1.807, 2.05) is 18.2 Å². The molecule has 0 amide bonds. The van der Waals surface area contributed by atoms with Gasteiger partial charge in [-0.15, -0.1) is 6.58 Å². The van der Waals surface area contributed by atoms with Crippen molar-refractivity contribution in [2.45, 2.75) is 0 Å². The Labute approximate surface area is 138 Å². The van der Waals surface area contributed by atoms with Crippen LogP contribution in [0.4, 0.5) is 0 Å². The average Bonchev–Trinajstić information content (AvgIpc) is 2.38. The van der Waals surface area contributed by atoms with Crippen LogP contribution in [0.2, 0.25) is 0 Å². The van der Waals surface area contributed by atoms with E-state index in [-0.39, 0.29) is 35.3 Å². The Morgan fingerprint density at radius 3 is 1.89 bits per heavy atom. The second-order valence-corrected chi connectivity index (χ2v) is 3.95.